The van der Waals surface area contributed by atoms with Gasteiger partial charge in [-0.05, 0) is 43.0 Å². The minimum absolute atomic E-state index is 0.229. The van der Waals surface area contributed by atoms with Crippen molar-refractivity contribution < 1.29 is 18.0 Å². The monoisotopic (exact) mass is 333 g/mol. The lowest BCUT2D eigenvalue weighted by Crippen LogP contribution is -2.46. The second-order valence-electron chi connectivity index (χ2n) is 6.16. The number of halogens is 3. The number of benzene rings is 2. The number of carbonyl (C=O) groups excluding carboxylic acids is 1. The number of alkyl halides is 3. The lowest BCUT2D eigenvalue weighted by Gasteiger charge is -2.38. The van der Waals surface area contributed by atoms with Crippen molar-refractivity contribution in [1.29, 1.82) is 0 Å². The maximum Gasteiger partial charge on any atom is 0.416 e. The zero-order chi connectivity index (χ0) is 17.3. The number of hydrogen-bond acceptors (Lipinski definition) is 1. The van der Waals surface area contributed by atoms with Gasteiger partial charge < -0.3 is 5.32 Å². The maximum absolute atomic E-state index is 13.2. The number of rotatable bonds is 3. The third-order valence-corrected chi connectivity index (χ3v) is 4.65. The summed E-state index contributed by atoms with van der Waals surface area (Å²) < 4.78 is 39.6. The number of nitrogens with one attached hydrogen (secondary N) is 1. The van der Waals surface area contributed by atoms with Gasteiger partial charge in [0.2, 0.25) is 0 Å². The van der Waals surface area contributed by atoms with Crippen LogP contribution in [0, 0.1) is 6.92 Å². The van der Waals surface area contributed by atoms with Crippen LogP contribution in [0.2, 0.25) is 0 Å². The molecule has 0 bridgehead atoms. The van der Waals surface area contributed by atoms with E-state index in [1.54, 1.807) is 18.2 Å². The zero-order valence-corrected chi connectivity index (χ0v) is 13.2. The van der Waals surface area contributed by atoms with Crippen LogP contribution in [-0.4, -0.2) is 11.9 Å². The molecule has 2 atom stereocenters. The molecule has 0 aromatic heterocycles. The fourth-order valence-electron chi connectivity index (χ4n) is 3.20. The Hall–Kier alpha value is -2.30. The first kappa shape index (κ1) is 16.6. The van der Waals surface area contributed by atoms with Crippen molar-refractivity contribution in [3.63, 3.8) is 0 Å². The molecule has 5 heteroatoms. The third kappa shape index (κ3) is 3.16. The third-order valence-electron chi connectivity index (χ3n) is 4.65. The van der Waals surface area contributed by atoms with Crippen molar-refractivity contribution in [2.75, 3.05) is 0 Å². The van der Waals surface area contributed by atoms with Crippen LogP contribution < -0.4 is 5.32 Å². The van der Waals surface area contributed by atoms with E-state index in [4.69, 9.17) is 0 Å². The van der Waals surface area contributed by atoms with Gasteiger partial charge in [-0.1, -0.05) is 36.4 Å². The summed E-state index contributed by atoms with van der Waals surface area (Å²) >= 11 is 0. The van der Waals surface area contributed by atoms with Crippen molar-refractivity contribution in [3.8, 4) is 0 Å². The van der Waals surface area contributed by atoms with E-state index in [0.29, 0.717) is 18.4 Å². The van der Waals surface area contributed by atoms with E-state index in [9.17, 15) is 18.0 Å². The van der Waals surface area contributed by atoms with Crippen LogP contribution in [-0.2, 0) is 6.18 Å². The van der Waals surface area contributed by atoms with Gasteiger partial charge in [-0.25, -0.2) is 0 Å². The standard InChI is InChI=1S/C19H18F3NO/c1-12-6-2-3-7-13(12)18(24)23-17-11-10-15(17)14-8-4-5-9-16(14)19(20,21)22/h2-9,15,17H,10-11H2,1H3,(H,23,24). The quantitative estimate of drug-likeness (QED) is 0.867. The minimum atomic E-state index is -4.38. The summed E-state index contributed by atoms with van der Waals surface area (Å²) in [4.78, 5) is 12.4. The molecular formula is C19H18F3NO. The van der Waals surface area contributed by atoms with E-state index in [2.05, 4.69) is 5.32 Å². The van der Waals surface area contributed by atoms with Gasteiger partial charge in [-0.2, -0.15) is 13.2 Å². The lowest BCUT2D eigenvalue weighted by atomic mass is 9.73. The number of aryl methyl sites for hydroxylation is 1. The molecule has 0 saturated heterocycles. The summed E-state index contributed by atoms with van der Waals surface area (Å²) in [5.41, 5.74) is 1.07. The lowest BCUT2D eigenvalue weighted by molar-refractivity contribution is -0.138. The van der Waals surface area contributed by atoms with E-state index in [1.165, 1.54) is 12.1 Å². The SMILES string of the molecule is Cc1ccccc1C(=O)NC1CCC1c1ccccc1C(F)(F)F. The van der Waals surface area contributed by atoms with E-state index >= 15 is 0 Å². The molecule has 0 radical (unpaired) electrons. The molecule has 2 aromatic rings. The van der Waals surface area contributed by atoms with Gasteiger partial charge in [-0.3, -0.25) is 4.79 Å². The smallest absolute Gasteiger partial charge is 0.349 e. The molecule has 2 unspecified atom stereocenters. The van der Waals surface area contributed by atoms with Crippen molar-refractivity contribution in [2.24, 2.45) is 0 Å². The molecule has 1 amide bonds. The van der Waals surface area contributed by atoms with Crippen molar-refractivity contribution in [2.45, 2.75) is 37.9 Å². The van der Waals surface area contributed by atoms with Crippen molar-refractivity contribution in [1.82, 2.24) is 5.32 Å². The second kappa shape index (κ2) is 6.30. The summed E-state index contributed by atoms with van der Waals surface area (Å²) in [6.07, 6.45) is -3.04. The largest absolute Gasteiger partial charge is 0.416 e. The van der Waals surface area contributed by atoms with Crippen LogP contribution in [0.15, 0.2) is 48.5 Å². The molecule has 1 aliphatic carbocycles. The fourth-order valence-corrected chi connectivity index (χ4v) is 3.20. The zero-order valence-electron chi connectivity index (χ0n) is 13.2. The Balaban J connectivity index is 1.79. The molecule has 3 rings (SSSR count). The Morgan fingerprint density at radius 2 is 1.71 bits per heavy atom. The summed E-state index contributed by atoms with van der Waals surface area (Å²) in [6.45, 7) is 1.84. The molecule has 2 nitrogen and oxygen atoms in total. The fraction of sp³-hybridized carbons (Fsp3) is 0.316. The van der Waals surface area contributed by atoms with Crippen LogP contribution in [0.25, 0.3) is 0 Å². The molecule has 0 aliphatic heterocycles. The Morgan fingerprint density at radius 3 is 2.33 bits per heavy atom. The average molecular weight is 333 g/mol. The Bertz CT molecular complexity index is 754. The Morgan fingerprint density at radius 1 is 1.04 bits per heavy atom. The molecule has 24 heavy (non-hydrogen) atoms. The Kier molecular flexibility index (Phi) is 4.35. The summed E-state index contributed by atoms with van der Waals surface area (Å²) in [5, 5.41) is 2.89. The van der Waals surface area contributed by atoms with E-state index in [0.717, 1.165) is 11.6 Å². The van der Waals surface area contributed by atoms with Crippen LogP contribution in [0.3, 0.4) is 0 Å². The molecule has 1 aliphatic rings. The van der Waals surface area contributed by atoms with Gasteiger partial charge in [-0.15, -0.1) is 0 Å². The number of amides is 1. The van der Waals surface area contributed by atoms with Gasteiger partial charge in [0, 0.05) is 17.5 Å². The normalized spacial score (nSPS) is 20.3. The van der Waals surface area contributed by atoms with Gasteiger partial charge in [0.05, 0.1) is 5.56 Å². The van der Waals surface area contributed by atoms with Gasteiger partial charge in [0.25, 0.3) is 5.91 Å². The molecule has 1 saturated carbocycles. The van der Waals surface area contributed by atoms with Crippen LogP contribution >= 0.6 is 0 Å². The van der Waals surface area contributed by atoms with E-state index in [-0.39, 0.29) is 23.4 Å². The summed E-state index contributed by atoms with van der Waals surface area (Å²) in [5.74, 6) is -0.525. The predicted octanol–water partition coefficient (Wildman–Crippen LogP) is 4.69. The van der Waals surface area contributed by atoms with Gasteiger partial charge >= 0.3 is 6.18 Å². The first-order valence-corrected chi connectivity index (χ1v) is 7.90. The summed E-state index contributed by atoms with van der Waals surface area (Å²) in [6, 6.07) is 12.5. The van der Waals surface area contributed by atoms with Crippen LogP contribution in [0.1, 0.15) is 45.8 Å². The molecule has 1 N–H and O–H groups in total. The van der Waals surface area contributed by atoms with Gasteiger partial charge in [0.15, 0.2) is 0 Å². The highest BCUT2D eigenvalue weighted by molar-refractivity contribution is 5.95. The molecule has 0 spiro atoms. The highest BCUT2D eigenvalue weighted by Gasteiger charge is 2.40. The maximum atomic E-state index is 13.2. The second-order valence-corrected chi connectivity index (χ2v) is 6.16. The highest BCUT2D eigenvalue weighted by atomic mass is 19.4. The topological polar surface area (TPSA) is 29.1 Å². The number of carbonyl (C=O) groups is 1. The van der Waals surface area contributed by atoms with Gasteiger partial charge in [0.1, 0.15) is 0 Å². The molecule has 2 aromatic carbocycles. The van der Waals surface area contributed by atoms with Crippen molar-refractivity contribution >= 4 is 5.91 Å². The molecule has 1 fully saturated rings. The molecule has 126 valence electrons. The first-order valence-electron chi connectivity index (χ1n) is 7.90. The van der Waals surface area contributed by atoms with E-state index in [1.807, 2.05) is 19.1 Å². The molecule has 0 heterocycles. The van der Waals surface area contributed by atoms with Crippen LogP contribution in [0.5, 0.6) is 0 Å². The van der Waals surface area contributed by atoms with E-state index < -0.39 is 11.7 Å². The van der Waals surface area contributed by atoms with Crippen molar-refractivity contribution in [3.05, 3.63) is 70.8 Å². The Labute approximate surface area is 138 Å². The molecular weight excluding hydrogens is 315 g/mol. The minimum Gasteiger partial charge on any atom is -0.349 e. The number of hydrogen-bond donors (Lipinski definition) is 1. The predicted molar refractivity (Wildman–Crippen MR) is 85.9 cm³/mol. The summed E-state index contributed by atoms with van der Waals surface area (Å²) in [7, 11) is 0. The highest BCUT2D eigenvalue weighted by Crippen LogP contribution is 2.43. The first-order chi connectivity index (χ1) is 11.4. The van der Waals surface area contributed by atoms with Crippen LogP contribution in [0.4, 0.5) is 13.2 Å². The average Bonchev–Trinajstić information content (AvgIpc) is 2.51.